The first kappa shape index (κ1) is 22.6. The highest BCUT2D eigenvalue weighted by atomic mass is 16.5. The molecule has 0 spiro atoms. The van der Waals surface area contributed by atoms with Gasteiger partial charge in [0.25, 0.3) is 5.91 Å². The lowest BCUT2D eigenvalue weighted by molar-refractivity contribution is -0.125. The first-order valence-corrected chi connectivity index (χ1v) is 9.36. The minimum atomic E-state index is -0.632. The highest BCUT2D eigenvalue weighted by Crippen LogP contribution is 2.39. The minimum absolute atomic E-state index is 0.00390. The molecule has 27 heavy (non-hydrogen) atoms. The van der Waals surface area contributed by atoms with Crippen molar-refractivity contribution in [2.75, 3.05) is 26.4 Å². The van der Waals surface area contributed by atoms with Crippen molar-refractivity contribution in [1.29, 1.82) is 0 Å². The third-order valence-electron chi connectivity index (χ3n) is 3.87. The summed E-state index contributed by atoms with van der Waals surface area (Å²) in [5.74, 6) is 0.558. The molecule has 7 nitrogen and oxygen atoms in total. The lowest BCUT2D eigenvalue weighted by Gasteiger charge is -2.18. The fraction of sp³-hybridized carbons (Fsp3) is 0.600. The minimum Gasteiger partial charge on any atom is -0.490 e. The zero-order valence-electron chi connectivity index (χ0n) is 17.1. The van der Waals surface area contributed by atoms with Crippen molar-refractivity contribution in [1.82, 2.24) is 5.32 Å². The van der Waals surface area contributed by atoms with Gasteiger partial charge in [0.2, 0.25) is 5.75 Å². The molecule has 1 N–H and O–H groups in total. The van der Waals surface area contributed by atoms with Gasteiger partial charge in [0.15, 0.2) is 18.1 Å². The van der Waals surface area contributed by atoms with Gasteiger partial charge >= 0.3 is 5.97 Å². The van der Waals surface area contributed by atoms with Crippen LogP contribution in [-0.2, 0) is 9.53 Å². The Morgan fingerprint density at radius 1 is 0.926 bits per heavy atom. The summed E-state index contributed by atoms with van der Waals surface area (Å²) in [5.41, 5.74) is 0.232. The monoisotopic (exact) mass is 381 g/mol. The maximum absolute atomic E-state index is 12.4. The van der Waals surface area contributed by atoms with E-state index in [1.807, 2.05) is 41.5 Å². The molecule has 1 atom stereocenters. The lowest BCUT2D eigenvalue weighted by Crippen LogP contribution is -2.38. The van der Waals surface area contributed by atoms with Gasteiger partial charge in [0.05, 0.1) is 25.4 Å². The molecule has 0 saturated carbocycles. The SMILES string of the molecule is CCOc1cc(C(=O)OCC(=O)N[C@H](C)C(C)C)cc(OCC)c1OCC. The fourth-order valence-electron chi connectivity index (χ4n) is 2.18. The summed E-state index contributed by atoms with van der Waals surface area (Å²) in [6, 6.07) is 3.07. The predicted octanol–water partition coefficient (Wildman–Crippen LogP) is 3.20. The van der Waals surface area contributed by atoms with Crippen LogP contribution in [-0.4, -0.2) is 44.3 Å². The molecule has 1 rings (SSSR count). The predicted molar refractivity (Wildman–Crippen MR) is 103 cm³/mol. The number of rotatable bonds is 11. The second-order valence-electron chi connectivity index (χ2n) is 6.28. The second-order valence-corrected chi connectivity index (χ2v) is 6.28. The van der Waals surface area contributed by atoms with Crippen LogP contribution in [0.15, 0.2) is 12.1 Å². The van der Waals surface area contributed by atoms with E-state index < -0.39 is 5.97 Å². The summed E-state index contributed by atoms with van der Waals surface area (Å²) >= 11 is 0. The molecular formula is C20H31NO6. The van der Waals surface area contributed by atoms with Crippen molar-refractivity contribution in [3.8, 4) is 17.2 Å². The number of ether oxygens (including phenoxy) is 4. The number of amides is 1. The van der Waals surface area contributed by atoms with Gasteiger partial charge in [-0.2, -0.15) is 0 Å². The number of benzene rings is 1. The Bertz CT molecular complexity index is 602. The average molecular weight is 381 g/mol. The first-order chi connectivity index (χ1) is 12.8. The molecule has 7 heteroatoms. The molecular weight excluding hydrogens is 350 g/mol. The van der Waals surface area contributed by atoms with Gasteiger partial charge < -0.3 is 24.3 Å². The molecule has 1 aromatic rings. The van der Waals surface area contributed by atoms with E-state index in [4.69, 9.17) is 18.9 Å². The Morgan fingerprint density at radius 3 is 1.89 bits per heavy atom. The molecule has 0 aliphatic rings. The highest BCUT2D eigenvalue weighted by Gasteiger charge is 2.20. The highest BCUT2D eigenvalue weighted by molar-refractivity contribution is 5.92. The normalized spacial score (nSPS) is 11.7. The Labute approximate surface area is 161 Å². The topological polar surface area (TPSA) is 83.1 Å². The van der Waals surface area contributed by atoms with Gasteiger partial charge in [0, 0.05) is 6.04 Å². The van der Waals surface area contributed by atoms with Crippen molar-refractivity contribution in [3.63, 3.8) is 0 Å². The molecule has 0 fully saturated rings. The van der Waals surface area contributed by atoms with Crippen LogP contribution in [0.4, 0.5) is 0 Å². The van der Waals surface area contributed by atoms with Crippen molar-refractivity contribution < 1.29 is 28.5 Å². The van der Waals surface area contributed by atoms with E-state index in [0.717, 1.165) is 0 Å². The summed E-state index contributed by atoms with van der Waals surface area (Å²) in [5, 5.41) is 2.79. The third kappa shape index (κ3) is 7.00. The van der Waals surface area contributed by atoms with Gasteiger partial charge in [-0.25, -0.2) is 4.79 Å². The molecule has 1 aromatic carbocycles. The number of hydrogen-bond donors (Lipinski definition) is 1. The first-order valence-electron chi connectivity index (χ1n) is 9.36. The van der Waals surface area contributed by atoms with Crippen LogP contribution in [0.25, 0.3) is 0 Å². The number of carbonyl (C=O) groups is 2. The standard InChI is InChI=1S/C20H31NO6/c1-7-24-16-10-15(11-17(25-8-2)19(16)26-9-3)20(23)27-12-18(22)21-14(6)13(4)5/h10-11,13-14H,7-9,12H2,1-6H3,(H,21,22)/t14-/m1/s1. The van der Waals surface area contributed by atoms with Crippen LogP contribution < -0.4 is 19.5 Å². The average Bonchev–Trinajstić information content (AvgIpc) is 2.62. The largest absolute Gasteiger partial charge is 0.490 e. The van der Waals surface area contributed by atoms with Crippen LogP contribution in [0, 0.1) is 5.92 Å². The van der Waals surface area contributed by atoms with E-state index in [-0.39, 0.29) is 24.1 Å². The van der Waals surface area contributed by atoms with Crippen molar-refractivity contribution in [3.05, 3.63) is 17.7 Å². The lowest BCUT2D eigenvalue weighted by atomic mass is 10.1. The third-order valence-corrected chi connectivity index (χ3v) is 3.87. The van der Waals surface area contributed by atoms with Crippen LogP contribution >= 0.6 is 0 Å². The Kier molecular flexibility index (Phi) is 9.47. The van der Waals surface area contributed by atoms with E-state index in [1.165, 1.54) is 12.1 Å². The quantitative estimate of drug-likeness (QED) is 0.593. The summed E-state index contributed by atoms with van der Waals surface area (Å²) < 4.78 is 21.9. The smallest absolute Gasteiger partial charge is 0.338 e. The summed E-state index contributed by atoms with van der Waals surface area (Å²) in [6.07, 6.45) is 0. The Balaban J connectivity index is 2.93. The fourth-order valence-corrected chi connectivity index (χ4v) is 2.18. The van der Waals surface area contributed by atoms with Gasteiger partial charge in [-0.3, -0.25) is 4.79 Å². The van der Waals surface area contributed by atoms with Crippen LogP contribution in [0.5, 0.6) is 17.2 Å². The number of carbonyl (C=O) groups excluding carboxylic acids is 2. The van der Waals surface area contributed by atoms with Crippen molar-refractivity contribution >= 4 is 11.9 Å². The Hall–Kier alpha value is -2.44. The van der Waals surface area contributed by atoms with E-state index >= 15 is 0 Å². The molecule has 0 aliphatic heterocycles. The summed E-state index contributed by atoms with van der Waals surface area (Å²) in [6.45, 7) is 12.3. The number of hydrogen-bond acceptors (Lipinski definition) is 6. The molecule has 1 amide bonds. The number of esters is 1. The van der Waals surface area contributed by atoms with E-state index in [9.17, 15) is 9.59 Å². The van der Waals surface area contributed by atoms with Gasteiger partial charge in [-0.1, -0.05) is 13.8 Å². The van der Waals surface area contributed by atoms with Gasteiger partial charge in [0.1, 0.15) is 0 Å². The second kappa shape index (κ2) is 11.3. The summed E-state index contributed by atoms with van der Waals surface area (Å²) in [7, 11) is 0. The van der Waals surface area contributed by atoms with E-state index in [2.05, 4.69) is 5.32 Å². The maximum atomic E-state index is 12.4. The molecule has 0 radical (unpaired) electrons. The molecule has 0 heterocycles. The zero-order chi connectivity index (χ0) is 20.4. The molecule has 0 aromatic heterocycles. The van der Waals surface area contributed by atoms with E-state index in [1.54, 1.807) is 0 Å². The molecule has 0 bridgehead atoms. The molecule has 0 unspecified atom stereocenters. The summed E-state index contributed by atoms with van der Waals surface area (Å²) in [4.78, 5) is 24.3. The number of nitrogens with one attached hydrogen (secondary N) is 1. The van der Waals surface area contributed by atoms with Crippen LogP contribution in [0.2, 0.25) is 0 Å². The zero-order valence-corrected chi connectivity index (χ0v) is 17.1. The Morgan fingerprint density at radius 2 is 1.44 bits per heavy atom. The molecule has 0 saturated heterocycles. The molecule has 152 valence electrons. The molecule has 0 aliphatic carbocycles. The van der Waals surface area contributed by atoms with Crippen LogP contribution in [0.3, 0.4) is 0 Å². The van der Waals surface area contributed by atoms with Gasteiger partial charge in [-0.15, -0.1) is 0 Å². The maximum Gasteiger partial charge on any atom is 0.338 e. The van der Waals surface area contributed by atoms with Gasteiger partial charge in [-0.05, 0) is 45.7 Å². The van der Waals surface area contributed by atoms with Crippen LogP contribution in [0.1, 0.15) is 51.9 Å². The van der Waals surface area contributed by atoms with E-state index in [0.29, 0.717) is 43.0 Å². The van der Waals surface area contributed by atoms with Crippen molar-refractivity contribution in [2.24, 2.45) is 5.92 Å². The van der Waals surface area contributed by atoms with Crippen molar-refractivity contribution in [2.45, 2.75) is 47.6 Å².